The molecule has 0 aliphatic rings. The zero-order chi connectivity index (χ0) is 14.1. The van der Waals surface area contributed by atoms with Crippen molar-refractivity contribution in [2.24, 2.45) is 0 Å². The Morgan fingerprint density at radius 2 is 1.95 bits per heavy atom. The van der Waals surface area contributed by atoms with E-state index in [0.717, 1.165) is 0 Å². The maximum absolute atomic E-state index is 11.9. The van der Waals surface area contributed by atoms with Gasteiger partial charge in [-0.25, -0.2) is 4.79 Å². The van der Waals surface area contributed by atoms with Gasteiger partial charge in [0.1, 0.15) is 5.69 Å². The lowest BCUT2D eigenvalue weighted by Crippen LogP contribution is -2.08. The lowest BCUT2D eigenvalue weighted by Gasteiger charge is -2.06. The van der Waals surface area contributed by atoms with Gasteiger partial charge in [-0.2, -0.15) is 0 Å². The van der Waals surface area contributed by atoms with Gasteiger partial charge in [-0.05, 0) is 24.3 Å². The average molecular weight is 288 g/mol. The van der Waals surface area contributed by atoms with Crippen molar-refractivity contribution in [2.75, 3.05) is 7.11 Å². The van der Waals surface area contributed by atoms with Crippen LogP contribution in [0.4, 0.5) is 0 Å². The van der Waals surface area contributed by atoms with Crippen molar-refractivity contribution in [1.29, 1.82) is 0 Å². The third-order valence-electron chi connectivity index (χ3n) is 2.94. The number of aromatic nitrogens is 3. The van der Waals surface area contributed by atoms with E-state index in [1.807, 2.05) is 18.2 Å². The van der Waals surface area contributed by atoms with E-state index in [9.17, 15) is 4.79 Å². The molecule has 0 saturated heterocycles. The monoisotopic (exact) mass is 287 g/mol. The van der Waals surface area contributed by atoms with E-state index in [1.165, 1.54) is 7.11 Å². The van der Waals surface area contributed by atoms with Crippen molar-refractivity contribution in [3.8, 4) is 11.4 Å². The van der Waals surface area contributed by atoms with Gasteiger partial charge in [-0.15, -0.1) is 10.2 Å². The number of esters is 1. The highest BCUT2D eigenvalue weighted by molar-refractivity contribution is 6.33. The smallest absolute Gasteiger partial charge is 0.355 e. The lowest BCUT2D eigenvalue weighted by atomic mass is 10.2. The zero-order valence-corrected chi connectivity index (χ0v) is 11.3. The normalized spacial score (nSPS) is 10.7. The number of benzene rings is 1. The van der Waals surface area contributed by atoms with Gasteiger partial charge in [0.05, 0.1) is 12.1 Å². The summed E-state index contributed by atoms with van der Waals surface area (Å²) in [5, 5.41) is 8.73. The number of carbonyl (C=O) groups is 1. The number of nitrogens with zero attached hydrogens (tertiary/aromatic N) is 3. The summed E-state index contributed by atoms with van der Waals surface area (Å²) in [7, 11) is 1.33. The van der Waals surface area contributed by atoms with Crippen LogP contribution in [0.15, 0.2) is 42.5 Å². The third-order valence-corrected chi connectivity index (χ3v) is 3.27. The highest BCUT2D eigenvalue weighted by atomic mass is 35.5. The predicted octanol–water partition coefficient (Wildman–Crippen LogP) is 2.84. The molecule has 3 rings (SSSR count). The summed E-state index contributed by atoms with van der Waals surface area (Å²) < 4.78 is 6.42. The topological polar surface area (TPSA) is 56.5 Å². The van der Waals surface area contributed by atoms with Gasteiger partial charge in [0.2, 0.25) is 0 Å². The Bertz CT molecular complexity index is 798. The van der Waals surface area contributed by atoms with Crippen molar-refractivity contribution >= 4 is 23.2 Å². The van der Waals surface area contributed by atoms with E-state index in [-0.39, 0.29) is 0 Å². The van der Waals surface area contributed by atoms with Crippen LogP contribution in [0.2, 0.25) is 5.02 Å². The number of methoxy groups -OCH3 is 1. The number of halogens is 1. The third kappa shape index (κ3) is 1.92. The molecule has 2 heterocycles. The molecule has 0 aliphatic carbocycles. The van der Waals surface area contributed by atoms with E-state index in [0.29, 0.717) is 27.8 Å². The molecule has 0 saturated carbocycles. The minimum atomic E-state index is -0.455. The molecule has 3 aromatic rings. The van der Waals surface area contributed by atoms with Crippen LogP contribution in [-0.2, 0) is 4.74 Å². The highest BCUT2D eigenvalue weighted by Gasteiger charge is 2.17. The van der Waals surface area contributed by atoms with Crippen molar-refractivity contribution in [2.45, 2.75) is 0 Å². The fourth-order valence-corrected chi connectivity index (χ4v) is 2.24. The van der Waals surface area contributed by atoms with Crippen LogP contribution < -0.4 is 0 Å². The van der Waals surface area contributed by atoms with E-state index in [4.69, 9.17) is 16.3 Å². The van der Waals surface area contributed by atoms with Crippen LogP contribution in [0, 0.1) is 0 Å². The van der Waals surface area contributed by atoms with E-state index >= 15 is 0 Å². The largest absolute Gasteiger partial charge is 0.464 e. The van der Waals surface area contributed by atoms with Gasteiger partial charge < -0.3 is 4.74 Å². The predicted molar refractivity (Wildman–Crippen MR) is 74.8 cm³/mol. The molecule has 0 atom stereocenters. The molecule has 1 aromatic carbocycles. The number of hydrogen-bond donors (Lipinski definition) is 0. The van der Waals surface area contributed by atoms with Crippen molar-refractivity contribution in [1.82, 2.24) is 14.6 Å². The minimum Gasteiger partial charge on any atom is -0.464 e. The van der Waals surface area contributed by atoms with Gasteiger partial charge in [-0.3, -0.25) is 4.40 Å². The molecule has 0 aliphatic heterocycles. The van der Waals surface area contributed by atoms with Crippen LogP contribution in [-0.4, -0.2) is 27.7 Å². The SMILES string of the molecule is COC(=O)c1cccc2nnc(-c3ccccc3Cl)n12. The summed E-state index contributed by atoms with van der Waals surface area (Å²) in [6.45, 7) is 0. The number of rotatable bonds is 2. The first-order valence-corrected chi connectivity index (χ1v) is 6.27. The van der Waals surface area contributed by atoms with Gasteiger partial charge in [0.15, 0.2) is 11.5 Å². The Balaban J connectivity index is 2.33. The summed E-state index contributed by atoms with van der Waals surface area (Å²) in [4.78, 5) is 11.9. The van der Waals surface area contributed by atoms with Gasteiger partial charge >= 0.3 is 5.97 Å². The molecule has 0 spiro atoms. The molecule has 0 unspecified atom stereocenters. The first-order chi connectivity index (χ1) is 9.72. The molecule has 20 heavy (non-hydrogen) atoms. The molecule has 0 N–H and O–H groups in total. The highest BCUT2D eigenvalue weighted by Crippen LogP contribution is 2.27. The molecule has 5 nitrogen and oxygen atoms in total. The Kier molecular flexibility index (Phi) is 3.12. The maximum Gasteiger partial charge on any atom is 0.355 e. The molecule has 0 radical (unpaired) electrons. The Hall–Kier alpha value is -2.40. The van der Waals surface area contributed by atoms with Crippen LogP contribution in [0.3, 0.4) is 0 Å². The Morgan fingerprint density at radius 1 is 1.15 bits per heavy atom. The summed E-state index contributed by atoms with van der Waals surface area (Å²) in [6, 6.07) is 12.4. The molecule has 2 aromatic heterocycles. The minimum absolute atomic E-state index is 0.352. The molecule has 0 bridgehead atoms. The van der Waals surface area contributed by atoms with Gasteiger partial charge in [0.25, 0.3) is 0 Å². The van der Waals surface area contributed by atoms with Crippen LogP contribution in [0.1, 0.15) is 10.5 Å². The van der Waals surface area contributed by atoms with Crippen molar-refractivity contribution in [3.63, 3.8) is 0 Å². The van der Waals surface area contributed by atoms with Crippen LogP contribution >= 0.6 is 11.6 Å². The fourth-order valence-electron chi connectivity index (χ4n) is 2.02. The number of pyridine rings is 1. The second kappa shape index (κ2) is 4.94. The summed E-state index contributed by atoms with van der Waals surface area (Å²) in [5.74, 6) is 0.0512. The van der Waals surface area contributed by atoms with Crippen LogP contribution in [0.25, 0.3) is 17.0 Å². The maximum atomic E-state index is 11.9. The van der Waals surface area contributed by atoms with Gasteiger partial charge in [-0.1, -0.05) is 29.8 Å². The lowest BCUT2D eigenvalue weighted by molar-refractivity contribution is 0.0592. The quantitative estimate of drug-likeness (QED) is 0.680. The van der Waals surface area contributed by atoms with Crippen molar-refractivity contribution < 1.29 is 9.53 Å². The number of ether oxygens (including phenoxy) is 1. The molecular weight excluding hydrogens is 278 g/mol. The second-order valence-corrected chi connectivity index (χ2v) is 4.51. The van der Waals surface area contributed by atoms with E-state index in [2.05, 4.69) is 10.2 Å². The summed E-state index contributed by atoms with van der Waals surface area (Å²) in [5.41, 5.74) is 1.62. The summed E-state index contributed by atoms with van der Waals surface area (Å²) in [6.07, 6.45) is 0. The molecule has 0 amide bonds. The van der Waals surface area contributed by atoms with Crippen LogP contribution in [0.5, 0.6) is 0 Å². The molecule has 6 heteroatoms. The first-order valence-electron chi connectivity index (χ1n) is 5.89. The van der Waals surface area contributed by atoms with E-state index in [1.54, 1.807) is 28.7 Å². The average Bonchev–Trinajstić information content (AvgIpc) is 2.91. The van der Waals surface area contributed by atoms with Gasteiger partial charge in [0, 0.05) is 5.56 Å². The summed E-state index contributed by atoms with van der Waals surface area (Å²) >= 11 is 6.18. The zero-order valence-electron chi connectivity index (χ0n) is 10.6. The van der Waals surface area contributed by atoms with E-state index < -0.39 is 5.97 Å². The molecular formula is C14H10ClN3O2. The fraction of sp³-hybridized carbons (Fsp3) is 0.0714. The molecule has 100 valence electrons. The first kappa shape index (κ1) is 12.6. The Morgan fingerprint density at radius 3 is 2.70 bits per heavy atom. The number of hydrogen-bond acceptors (Lipinski definition) is 4. The van der Waals surface area contributed by atoms with Crippen molar-refractivity contribution in [3.05, 3.63) is 53.2 Å². The number of carbonyl (C=O) groups excluding carboxylic acids is 1. The second-order valence-electron chi connectivity index (χ2n) is 4.10. The molecule has 0 fully saturated rings. The number of fused-ring (bicyclic) bond motifs is 1. The standard InChI is InChI=1S/C14H10ClN3O2/c1-20-14(19)11-7-4-8-12-16-17-13(18(11)12)9-5-2-3-6-10(9)15/h2-8H,1H3. The Labute approximate surface area is 119 Å².